The lowest BCUT2D eigenvalue weighted by Gasteiger charge is -2.23. The molecular formula is C19H25N. The topological polar surface area (TPSA) is 3.24 Å². The molecule has 0 aliphatic heterocycles. The Labute approximate surface area is 123 Å². The number of hydrogen-bond donors (Lipinski definition) is 0. The summed E-state index contributed by atoms with van der Waals surface area (Å²) in [7, 11) is 2.06. The third-order valence-electron chi connectivity index (χ3n) is 3.03. The zero-order chi connectivity index (χ0) is 14.8. The van der Waals surface area contributed by atoms with Crippen LogP contribution in [0.5, 0.6) is 0 Å². The van der Waals surface area contributed by atoms with Crippen LogP contribution >= 0.6 is 0 Å². The van der Waals surface area contributed by atoms with Gasteiger partial charge in [-0.1, -0.05) is 75.1 Å². The highest BCUT2D eigenvalue weighted by atomic mass is 15.1. The first-order valence-electron chi connectivity index (χ1n) is 7.22. The maximum Gasteiger partial charge on any atom is 0.0440 e. The summed E-state index contributed by atoms with van der Waals surface area (Å²) < 4.78 is 0. The van der Waals surface area contributed by atoms with Gasteiger partial charge in [-0.05, 0) is 24.5 Å². The van der Waals surface area contributed by atoms with Crippen LogP contribution in [0.25, 0.3) is 5.70 Å². The van der Waals surface area contributed by atoms with Gasteiger partial charge in [0.05, 0.1) is 0 Å². The summed E-state index contributed by atoms with van der Waals surface area (Å²) in [6, 6.07) is 10.4. The van der Waals surface area contributed by atoms with Gasteiger partial charge in [0.15, 0.2) is 0 Å². The van der Waals surface area contributed by atoms with Crippen LogP contribution in [0.1, 0.15) is 32.3 Å². The maximum atomic E-state index is 4.15. The van der Waals surface area contributed by atoms with Crippen molar-refractivity contribution in [1.82, 2.24) is 4.90 Å². The molecule has 1 heteroatoms. The van der Waals surface area contributed by atoms with Crippen molar-refractivity contribution in [3.8, 4) is 0 Å². The van der Waals surface area contributed by atoms with Crippen molar-refractivity contribution in [3.05, 3.63) is 78.6 Å². The number of nitrogens with zero attached hydrogens (tertiary/aromatic N) is 1. The van der Waals surface area contributed by atoms with Crippen molar-refractivity contribution in [3.63, 3.8) is 0 Å². The molecule has 0 unspecified atom stereocenters. The van der Waals surface area contributed by atoms with Gasteiger partial charge in [-0.2, -0.15) is 0 Å². The number of likely N-dealkylation sites (N-methyl/N-ethyl adjacent to an activating group) is 1. The second kappa shape index (κ2) is 8.98. The molecule has 0 aliphatic rings. The van der Waals surface area contributed by atoms with E-state index in [-0.39, 0.29) is 0 Å². The Morgan fingerprint density at radius 3 is 2.40 bits per heavy atom. The summed E-state index contributed by atoms with van der Waals surface area (Å²) in [5, 5.41) is 0. The maximum absolute atomic E-state index is 4.15. The Morgan fingerprint density at radius 1 is 1.10 bits per heavy atom. The average Bonchev–Trinajstić information content (AvgIpc) is 2.49. The van der Waals surface area contributed by atoms with Crippen LogP contribution in [0.15, 0.2) is 73.0 Å². The molecule has 0 bridgehead atoms. The predicted octanol–water partition coefficient (Wildman–Crippen LogP) is 5.41. The molecule has 0 amide bonds. The Kier molecular flexibility index (Phi) is 7.20. The van der Waals surface area contributed by atoms with Crippen LogP contribution in [0.3, 0.4) is 0 Å². The molecule has 0 fully saturated rings. The summed E-state index contributed by atoms with van der Waals surface area (Å²) in [6.45, 7) is 8.43. The van der Waals surface area contributed by atoms with E-state index in [9.17, 15) is 0 Å². The minimum atomic E-state index is 0.981. The molecule has 0 heterocycles. The van der Waals surface area contributed by atoms with Crippen molar-refractivity contribution in [2.24, 2.45) is 0 Å². The van der Waals surface area contributed by atoms with E-state index < -0.39 is 0 Å². The summed E-state index contributed by atoms with van der Waals surface area (Å²) in [5.41, 5.74) is 3.40. The molecular weight excluding hydrogens is 242 g/mol. The Balaban J connectivity index is 2.88. The first kappa shape index (κ1) is 16.0. The van der Waals surface area contributed by atoms with E-state index in [1.807, 2.05) is 18.2 Å². The molecule has 0 N–H and O–H groups in total. The van der Waals surface area contributed by atoms with Crippen LogP contribution in [0.2, 0.25) is 0 Å². The number of hydrogen-bond acceptors (Lipinski definition) is 1. The molecule has 0 aliphatic carbocycles. The minimum absolute atomic E-state index is 0.981. The predicted molar refractivity (Wildman–Crippen MR) is 90.2 cm³/mol. The normalized spacial score (nSPS) is 12.2. The molecule has 20 heavy (non-hydrogen) atoms. The van der Waals surface area contributed by atoms with Crippen molar-refractivity contribution in [2.45, 2.75) is 26.7 Å². The molecule has 1 aromatic rings. The first-order chi connectivity index (χ1) is 9.70. The standard InChI is InChI=1S/C19H25N/c1-5-7-8-10-14-17(3)20(4)19(13-6-2)18-15-11-9-12-16-18/h7-16H,3,5-6H2,1-2,4H3/b8-7-,14-10-,19-13+. The fraction of sp³-hybridized carbons (Fsp3) is 0.263. The summed E-state index contributed by atoms with van der Waals surface area (Å²) in [6.07, 6.45) is 12.6. The van der Waals surface area contributed by atoms with Gasteiger partial charge in [0, 0.05) is 18.4 Å². The first-order valence-corrected chi connectivity index (χ1v) is 7.22. The van der Waals surface area contributed by atoms with E-state index in [4.69, 9.17) is 0 Å². The zero-order valence-corrected chi connectivity index (χ0v) is 12.8. The lowest BCUT2D eigenvalue weighted by molar-refractivity contribution is 0.617. The van der Waals surface area contributed by atoms with E-state index in [1.165, 1.54) is 11.3 Å². The molecule has 1 nitrogen and oxygen atoms in total. The van der Waals surface area contributed by atoms with Crippen molar-refractivity contribution in [2.75, 3.05) is 7.05 Å². The number of allylic oxidation sites excluding steroid dienone is 5. The van der Waals surface area contributed by atoms with Gasteiger partial charge in [0.2, 0.25) is 0 Å². The Bertz CT molecular complexity index is 492. The van der Waals surface area contributed by atoms with Gasteiger partial charge < -0.3 is 4.90 Å². The van der Waals surface area contributed by atoms with Crippen LogP contribution in [-0.4, -0.2) is 11.9 Å². The fourth-order valence-corrected chi connectivity index (χ4v) is 1.90. The van der Waals surface area contributed by atoms with E-state index in [0.29, 0.717) is 0 Å². The third-order valence-corrected chi connectivity index (χ3v) is 3.03. The monoisotopic (exact) mass is 267 g/mol. The molecule has 0 spiro atoms. The highest BCUT2D eigenvalue weighted by molar-refractivity contribution is 5.65. The van der Waals surface area contributed by atoms with Gasteiger partial charge in [0.25, 0.3) is 0 Å². The zero-order valence-electron chi connectivity index (χ0n) is 12.8. The van der Waals surface area contributed by atoms with Gasteiger partial charge in [-0.25, -0.2) is 0 Å². The van der Waals surface area contributed by atoms with E-state index in [2.05, 4.69) is 74.9 Å². The molecule has 0 saturated carbocycles. The van der Waals surface area contributed by atoms with Crippen LogP contribution < -0.4 is 0 Å². The molecule has 0 radical (unpaired) electrons. The Morgan fingerprint density at radius 2 is 1.80 bits per heavy atom. The second-order valence-electron chi connectivity index (χ2n) is 4.61. The van der Waals surface area contributed by atoms with Gasteiger partial charge in [0.1, 0.15) is 0 Å². The number of benzene rings is 1. The van der Waals surface area contributed by atoms with Gasteiger partial charge >= 0.3 is 0 Å². The quantitative estimate of drug-likeness (QED) is 0.597. The van der Waals surface area contributed by atoms with Crippen molar-refractivity contribution >= 4 is 5.70 Å². The molecule has 1 rings (SSSR count). The lowest BCUT2D eigenvalue weighted by Crippen LogP contribution is -2.14. The lowest BCUT2D eigenvalue weighted by atomic mass is 10.1. The highest BCUT2D eigenvalue weighted by Crippen LogP contribution is 2.22. The van der Waals surface area contributed by atoms with Crippen LogP contribution in [0.4, 0.5) is 0 Å². The van der Waals surface area contributed by atoms with Gasteiger partial charge in [-0.3, -0.25) is 0 Å². The average molecular weight is 267 g/mol. The smallest absolute Gasteiger partial charge is 0.0440 e. The van der Waals surface area contributed by atoms with Crippen LogP contribution in [-0.2, 0) is 0 Å². The molecule has 106 valence electrons. The summed E-state index contributed by atoms with van der Waals surface area (Å²) in [4.78, 5) is 2.13. The largest absolute Gasteiger partial charge is 0.345 e. The molecule has 0 saturated heterocycles. The van der Waals surface area contributed by atoms with E-state index in [0.717, 1.165) is 18.5 Å². The van der Waals surface area contributed by atoms with Crippen molar-refractivity contribution < 1.29 is 0 Å². The minimum Gasteiger partial charge on any atom is -0.345 e. The van der Waals surface area contributed by atoms with Gasteiger partial charge in [-0.15, -0.1) is 0 Å². The third kappa shape index (κ3) is 4.93. The molecule has 1 aromatic carbocycles. The second-order valence-corrected chi connectivity index (χ2v) is 4.61. The highest BCUT2D eigenvalue weighted by Gasteiger charge is 2.07. The summed E-state index contributed by atoms with van der Waals surface area (Å²) in [5.74, 6) is 0. The Hall–Kier alpha value is -2.02. The fourth-order valence-electron chi connectivity index (χ4n) is 1.90. The van der Waals surface area contributed by atoms with E-state index in [1.54, 1.807) is 0 Å². The summed E-state index contributed by atoms with van der Waals surface area (Å²) >= 11 is 0. The SMILES string of the molecule is C=C(/C=C\C=C/CC)N(C)/C(=C/CC)c1ccccc1. The van der Waals surface area contributed by atoms with Crippen molar-refractivity contribution in [1.29, 1.82) is 0 Å². The van der Waals surface area contributed by atoms with Crippen LogP contribution in [0, 0.1) is 0 Å². The van der Waals surface area contributed by atoms with E-state index >= 15 is 0 Å². The molecule has 0 atom stereocenters. The molecule has 0 aromatic heterocycles. The number of rotatable bonds is 7.